The summed E-state index contributed by atoms with van der Waals surface area (Å²) >= 11 is 0. The second-order valence-corrected chi connectivity index (χ2v) is 19.4. The van der Waals surface area contributed by atoms with Gasteiger partial charge in [-0.2, -0.15) is 0 Å². The Morgan fingerprint density at radius 1 is 1.14 bits per heavy atom. The number of hydrogen-bond acceptors (Lipinski definition) is 7. The molecule has 202 valence electrons. The lowest BCUT2D eigenvalue weighted by Gasteiger charge is -2.37. The van der Waals surface area contributed by atoms with Crippen molar-refractivity contribution in [2.24, 2.45) is 0 Å². The average Bonchev–Trinajstić information content (AvgIpc) is 3.40. The Labute approximate surface area is 221 Å². The van der Waals surface area contributed by atoms with Crippen LogP contribution in [-0.2, 0) is 9.84 Å². The molecule has 1 aliphatic carbocycles. The van der Waals surface area contributed by atoms with E-state index in [0.29, 0.717) is 35.7 Å². The number of nitrogens with zero attached hydrogens (tertiary/aromatic N) is 2. The van der Waals surface area contributed by atoms with Gasteiger partial charge >= 0.3 is 0 Å². The number of aliphatic hydroxyl groups excluding tert-OH is 1. The van der Waals surface area contributed by atoms with Crippen molar-refractivity contribution < 1.29 is 18.3 Å². The molecule has 0 atom stereocenters. The van der Waals surface area contributed by atoms with Crippen molar-refractivity contribution in [3.63, 3.8) is 0 Å². The quantitative estimate of drug-likeness (QED) is 0.411. The molecule has 1 saturated heterocycles. The molecule has 0 unspecified atom stereocenters. The Balaban J connectivity index is 1.61. The van der Waals surface area contributed by atoms with Crippen LogP contribution < -0.4 is 15.5 Å². The fraction of sp³-hybridized carbons (Fsp3) is 0.556. The first-order valence-electron chi connectivity index (χ1n) is 13.2. The molecule has 1 aliphatic heterocycles. The van der Waals surface area contributed by atoms with E-state index in [1.807, 2.05) is 13.8 Å². The zero-order valence-electron chi connectivity index (χ0n) is 22.4. The third kappa shape index (κ3) is 6.53. The highest BCUT2D eigenvalue weighted by atomic mass is 32.2. The monoisotopic (exact) mass is 544 g/mol. The van der Waals surface area contributed by atoms with Gasteiger partial charge in [0.25, 0.3) is 5.91 Å². The molecule has 1 aromatic heterocycles. The second-order valence-electron chi connectivity index (χ2n) is 11.8. The first-order chi connectivity index (χ1) is 17.4. The van der Waals surface area contributed by atoms with E-state index in [-0.39, 0.29) is 22.7 Å². The van der Waals surface area contributed by atoms with E-state index < -0.39 is 23.5 Å². The van der Waals surface area contributed by atoms with Crippen LogP contribution in [0.1, 0.15) is 49.9 Å². The first kappa shape index (κ1) is 27.6. The number of aromatic nitrogens is 1. The maximum atomic E-state index is 13.5. The predicted molar refractivity (Wildman–Crippen MR) is 152 cm³/mol. The molecule has 0 radical (unpaired) electrons. The van der Waals surface area contributed by atoms with Gasteiger partial charge in [-0.05, 0) is 69.1 Å². The predicted octanol–water partition coefficient (Wildman–Crippen LogP) is 4.76. The van der Waals surface area contributed by atoms with Gasteiger partial charge in [-0.25, -0.2) is 13.4 Å². The minimum atomic E-state index is -3.42. The molecule has 3 N–H and O–H groups in total. The highest BCUT2D eigenvalue weighted by Gasteiger charge is 2.32. The van der Waals surface area contributed by atoms with Crippen LogP contribution in [0.15, 0.2) is 41.3 Å². The van der Waals surface area contributed by atoms with Crippen molar-refractivity contribution >= 4 is 41.1 Å². The molecule has 1 aromatic carbocycles. The van der Waals surface area contributed by atoms with Crippen LogP contribution in [0.3, 0.4) is 0 Å². The molecule has 2 aliphatic rings. The van der Waals surface area contributed by atoms with Gasteiger partial charge in [-0.3, -0.25) is 4.79 Å². The van der Waals surface area contributed by atoms with Gasteiger partial charge < -0.3 is 20.6 Å². The van der Waals surface area contributed by atoms with Crippen molar-refractivity contribution in [2.45, 2.75) is 80.4 Å². The number of amides is 1. The Kier molecular flexibility index (Phi) is 8.01. The SMILES string of the molecule is CC(C)(CO)Nc1ccc(C(=O)Nc2cccc(S(=O)(=O)C3CCCC3)c2)c(N2CC[Si](C)(C)CC2)n1. The smallest absolute Gasteiger partial charge is 0.259 e. The van der Waals surface area contributed by atoms with Crippen LogP contribution in [0.2, 0.25) is 25.2 Å². The lowest BCUT2D eigenvalue weighted by Crippen LogP contribution is -2.44. The third-order valence-electron chi connectivity index (χ3n) is 7.56. The van der Waals surface area contributed by atoms with E-state index in [4.69, 9.17) is 4.98 Å². The van der Waals surface area contributed by atoms with Gasteiger partial charge in [0.15, 0.2) is 9.84 Å². The van der Waals surface area contributed by atoms with Gasteiger partial charge in [0.1, 0.15) is 11.6 Å². The van der Waals surface area contributed by atoms with E-state index >= 15 is 0 Å². The fourth-order valence-corrected chi connectivity index (χ4v) is 8.89. The molecule has 8 nitrogen and oxygen atoms in total. The van der Waals surface area contributed by atoms with Crippen molar-refractivity contribution in [1.29, 1.82) is 0 Å². The first-order valence-corrected chi connectivity index (χ1v) is 18.2. The molecule has 2 aromatic rings. The summed E-state index contributed by atoms with van der Waals surface area (Å²) in [6, 6.07) is 12.3. The van der Waals surface area contributed by atoms with Gasteiger partial charge in [0.05, 0.1) is 35.9 Å². The molecule has 1 amide bonds. The number of benzene rings is 1. The molecule has 0 spiro atoms. The third-order valence-corrected chi connectivity index (χ3v) is 13.0. The molecule has 0 bridgehead atoms. The zero-order chi connectivity index (χ0) is 26.8. The summed E-state index contributed by atoms with van der Waals surface area (Å²) in [5.41, 5.74) is 0.333. The van der Waals surface area contributed by atoms with Gasteiger partial charge in [0, 0.05) is 18.8 Å². The minimum Gasteiger partial charge on any atom is -0.394 e. The van der Waals surface area contributed by atoms with Crippen LogP contribution in [0.4, 0.5) is 17.3 Å². The maximum absolute atomic E-state index is 13.5. The van der Waals surface area contributed by atoms with Crippen LogP contribution in [-0.4, -0.2) is 63.0 Å². The topological polar surface area (TPSA) is 112 Å². The number of pyridine rings is 1. The van der Waals surface area contributed by atoms with E-state index in [9.17, 15) is 18.3 Å². The van der Waals surface area contributed by atoms with Gasteiger partial charge in [-0.1, -0.05) is 32.0 Å². The molecule has 2 fully saturated rings. The van der Waals surface area contributed by atoms with Gasteiger partial charge in [0.2, 0.25) is 0 Å². The summed E-state index contributed by atoms with van der Waals surface area (Å²) in [7, 11) is -4.66. The number of nitrogens with one attached hydrogen (secondary N) is 2. The van der Waals surface area contributed by atoms with Crippen LogP contribution >= 0.6 is 0 Å². The highest BCUT2D eigenvalue weighted by Crippen LogP contribution is 2.32. The van der Waals surface area contributed by atoms with E-state index in [1.165, 1.54) is 0 Å². The van der Waals surface area contributed by atoms with Gasteiger partial charge in [-0.15, -0.1) is 0 Å². The Hall–Kier alpha value is -2.43. The normalized spacial score (nSPS) is 18.6. The number of aliphatic hydroxyl groups is 1. The zero-order valence-corrected chi connectivity index (χ0v) is 24.2. The summed E-state index contributed by atoms with van der Waals surface area (Å²) in [6.45, 7) is 10.2. The number of carbonyl (C=O) groups is 1. The second kappa shape index (κ2) is 10.7. The summed E-state index contributed by atoms with van der Waals surface area (Å²) < 4.78 is 26.2. The van der Waals surface area contributed by atoms with E-state index in [0.717, 1.165) is 38.0 Å². The number of hydrogen-bond donors (Lipinski definition) is 3. The molecular weight excluding hydrogens is 504 g/mol. The number of carbonyl (C=O) groups excluding carboxylic acids is 1. The fourth-order valence-electron chi connectivity index (χ4n) is 4.99. The summed E-state index contributed by atoms with van der Waals surface area (Å²) in [4.78, 5) is 20.7. The van der Waals surface area contributed by atoms with E-state index in [2.05, 4.69) is 28.6 Å². The molecular formula is C27H40N4O4SSi. The highest BCUT2D eigenvalue weighted by molar-refractivity contribution is 7.92. The number of sulfone groups is 1. The summed E-state index contributed by atoms with van der Waals surface area (Å²) in [5, 5.41) is 15.5. The standard InChI is InChI=1S/C27H40N4O4SSi/c1-27(2,19-32)30-24-13-12-23(25(29-24)31-14-16-37(3,4)17-15-31)26(33)28-20-8-7-11-22(18-20)36(34,35)21-9-5-6-10-21/h7-8,11-13,18,21,32H,5-6,9-10,14-17,19H2,1-4H3,(H,28,33)(H,29,30). The Morgan fingerprint density at radius 3 is 2.46 bits per heavy atom. The lowest BCUT2D eigenvalue weighted by molar-refractivity contribution is 0.102. The Morgan fingerprint density at radius 2 is 1.81 bits per heavy atom. The molecule has 2 heterocycles. The molecule has 37 heavy (non-hydrogen) atoms. The van der Waals surface area contributed by atoms with Crippen molar-refractivity contribution in [3.05, 3.63) is 42.0 Å². The van der Waals surface area contributed by atoms with Crippen molar-refractivity contribution in [3.8, 4) is 0 Å². The Bertz CT molecular complexity index is 1230. The van der Waals surface area contributed by atoms with E-state index in [1.54, 1.807) is 36.4 Å². The summed E-state index contributed by atoms with van der Waals surface area (Å²) in [6.07, 6.45) is 3.26. The van der Waals surface area contributed by atoms with Crippen molar-refractivity contribution in [1.82, 2.24) is 4.98 Å². The molecule has 1 saturated carbocycles. The number of rotatable bonds is 8. The van der Waals surface area contributed by atoms with Crippen LogP contribution in [0.5, 0.6) is 0 Å². The lowest BCUT2D eigenvalue weighted by atomic mass is 10.1. The summed E-state index contributed by atoms with van der Waals surface area (Å²) in [5.74, 6) is 0.876. The molecule has 10 heteroatoms. The number of anilines is 3. The van der Waals surface area contributed by atoms with Crippen LogP contribution in [0, 0.1) is 0 Å². The van der Waals surface area contributed by atoms with Crippen LogP contribution in [0.25, 0.3) is 0 Å². The minimum absolute atomic E-state index is 0.0597. The largest absolute Gasteiger partial charge is 0.394 e. The molecule has 4 rings (SSSR count). The average molecular weight is 545 g/mol. The van der Waals surface area contributed by atoms with Crippen molar-refractivity contribution in [2.75, 3.05) is 35.2 Å². The maximum Gasteiger partial charge on any atom is 0.259 e.